The van der Waals surface area contributed by atoms with E-state index >= 15 is 0 Å². The van der Waals surface area contributed by atoms with Crippen LogP contribution in [0.1, 0.15) is 26.3 Å². The molecule has 0 aromatic heterocycles. The van der Waals surface area contributed by atoms with Crippen LogP contribution in [-0.2, 0) is 11.3 Å². The number of carbonyl (C=O) groups excluding carboxylic acids is 1. The molecule has 0 radical (unpaired) electrons. The van der Waals surface area contributed by atoms with Crippen LogP contribution in [0.3, 0.4) is 0 Å². The first-order valence-electron chi connectivity index (χ1n) is 6.50. The zero-order chi connectivity index (χ0) is 16.0. The lowest BCUT2D eigenvalue weighted by atomic mass is 10.2. The van der Waals surface area contributed by atoms with Crippen LogP contribution in [0.4, 0.5) is 9.18 Å². The highest BCUT2D eigenvalue weighted by atomic mass is 35.5. The number of rotatable bonds is 5. The summed E-state index contributed by atoms with van der Waals surface area (Å²) in [7, 11) is 0. The molecule has 1 aromatic rings. The van der Waals surface area contributed by atoms with Crippen molar-refractivity contribution < 1.29 is 13.9 Å². The van der Waals surface area contributed by atoms with Gasteiger partial charge < -0.3 is 15.4 Å². The van der Waals surface area contributed by atoms with E-state index < -0.39 is 17.5 Å². The van der Waals surface area contributed by atoms with Gasteiger partial charge in [0.05, 0.1) is 5.02 Å². The van der Waals surface area contributed by atoms with Gasteiger partial charge >= 0.3 is 6.09 Å². The van der Waals surface area contributed by atoms with Crippen LogP contribution in [0, 0.1) is 5.82 Å². The van der Waals surface area contributed by atoms with Crippen LogP contribution in [0.5, 0.6) is 0 Å². The SMILES string of the molecule is CC(C)(C)OC(=O)NCCNCc1c(Cl)ccc(F)c1Cl. The third-order valence-electron chi connectivity index (χ3n) is 2.41. The average molecular weight is 337 g/mol. The predicted octanol–water partition coefficient (Wildman–Crippen LogP) is 3.75. The van der Waals surface area contributed by atoms with Gasteiger partial charge in [-0.15, -0.1) is 0 Å². The van der Waals surface area contributed by atoms with E-state index in [-0.39, 0.29) is 5.02 Å². The molecule has 0 spiro atoms. The molecule has 0 atom stereocenters. The molecule has 2 N–H and O–H groups in total. The normalized spacial score (nSPS) is 11.3. The van der Waals surface area contributed by atoms with Gasteiger partial charge in [0.25, 0.3) is 0 Å². The van der Waals surface area contributed by atoms with Gasteiger partial charge in [-0.25, -0.2) is 9.18 Å². The molecule has 0 aliphatic rings. The van der Waals surface area contributed by atoms with Crippen LogP contribution < -0.4 is 10.6 Å². The first kappa shape index (κ1) is 18.0. The highest BCUT2D eigenvalue weighted by Gasteiger charge is 2.15. The monoisotopic (exact) mass is 336 g/mol. The Balaban J connectivity index is 2.33. The van der Waals surface area contributed by atoms with Crippen LogP contribution in [0.2, 0.25) is 10.0 Å². The molecule has 21 heavy (non-hydrogen) atoms. The van der Waals surface area contributed by atoms with E-state index in [2.05, 4.69) is 10.6 Å². The minimum Gasteiger partial charge on any atom is -0.444 e. The molecule has 7 heteroatoms. The third kappa shape index (κ3) is 6.50. The van der Waals surface area contributed by atoms with Crippen LogP contribution >= 0.6 is 23.2 Å². The van der Waals surface area contributed by atoms with Crippen molar-refractivity contribution in [2.45, 2.75) is 32.9 Å². The molecule has 0 unspecified atom stereocenters. The molecule has 0 aliphatic heterocycles. The second kappa shape index (κ2) is 7.82. The highest BCUT2D eigenvalue weighted by Crippen LogP contribution is 2.26. The fourth-order valence-electron chi connectivity index (χ4n) is 1.51. The van der Waals surface area contributed by atoms with Crippen molar-refractivity contribution in [1.82, 2.24) is 10.6 Å². The Hall–Kier alpha value is -1.04. The number of benzene rings is 1. The number of hydrogen-bond acceptors (Lipinski definition) is 3. The van der Waals surface area contributed by atoms with Crippen molar-refractivity contribution in [3.8, 4) is 0 Å². The molecule has 4 nitrogen and oxygen atoms in total. The molecule has 0 saturated carbocycles. The lowest BCUT2D eigenvalue weighted by molar-refractivity contribution is 0.0528. The van der Waals surface area contributed by atoms with Gasteiger partial charge in [-0.05, 0) is 32.9 Å². The fraction of sp³-hybridized carbons (Fsp3) is 0.500. The predicted molar refractivity (Wildman–Crippen MR) is 82.4 cm³/mol. The largest absolute Gasteiger partial charge is 0.444 e. The van der Waals surface area contributed by atoms with Crippen molar-refractivity contribution in [3.63, 3.8) is 0 Å². The summed E-state index contributed by atoms with van der Waals surface area (Å²) >= 11 is 11.8. The average Bonchev–Trinajstić information content (AvgIpc) is 2.35. The Labute approximate surface area is 133 Å². The topological polar surface area (TPSA) is 50.4 Å². The second-order valence-corrected chi connectivity index (χ2v) is 6.21. The lowest BCUT2D eigenvalue weighted by Gasteiger charge is -2.19. The van der Waals surface area contributed by atoms with Crippen molar-refractivity contribution in [2.24, 2.45) is 0 Å². The number of hydrogen-bond donors (Lipinski definition) is 2. The Morgan fingerprint density at radius 2 is 1.95 bits per heavy atom. The fourth-order valence-corrected chi connectivity index (χ4v) is 2.02. The first-order valence-corrected chi connectivity index (χ1v) is 7.26. The van der Waals surface area contributed by atoms with E-state index in [0.29, 0.717) is 30.2 Å². The Morgan fingerprint density at radius 3 is 2.57 bits per heavy atom. The first-order chi connectivity index (χ1) is 9.70. The van der Waals surface area contributed by atoms with Gasteiger partial charge in [0, 0.05) is 30.2 Å². The second-order valence-electron chi connectivity index (χ2n) is 5.43. The summed E-state index contributed by atoms with van der Waals surface area (Å²) in [5.74, 6) is -0.509. The summed E-state index contributed by atoms with van der Waals surface area (Å²) in [5.41, 5.74) is -0.0317. The van der Waals surface area contributed by atoms with Gasteiger partial charge in [-0.2, -0.15) is 0 Å². The summed E-state index contributed by atoms with van der Waals surface area (Å²) in [5, 5.41) is 6.03. The molecule has 0 fully saturated rings. The molecular formula is C14H19Cl2FN2O2. The van der Waals surface area contributed by atoms with Crippen molar-refractivity contribution in [1.29, 1.82) is 0 Å². The summed E-state index contributed by atoms with van der Waals surface area (Å²) in [6, 6.07) is 2.68. The Bertz CT molecular complexity index is 504. The maximum absolute atomic E-state index is 13.3. The minimum absolute atomic E-state index is 0.00935. The number of amides is 1. The van der Waals surface area contributed by atoms with Crippen molar-refractivity contribution >= 4 is 29.3 Å². The van der Waals surface area contributed by atoms with Gasteiger partial charge in [-0.1, -0.05) is 23.2 Å². The number of alkyl carbamates (subject to hydrolysis) is 1. The zero-order valence-corrected chi connectivity index (χ0v) is 13.7. The Morgan fingerprint density at radius 1 is 1.29 bits per heavy atom. The van der Waals surface area contributed by atoms with Crippen molar-refractivity contribution in [3.05, 3.63) is 33.6 Å². The number of halogens is 3. The van der Waals surface area contributed by atoms with E-state index in [1.807, 2.05) is 0 Å². The molecule has 1 rings (SSSR count). The number of ether oxygens (including phenoxy) is 1. The van der Waals surface area contributed by atoms with E-state index in [9.17, 15) is 9.18 Å². The van der Waals surface area contributed by atoms with Gasteiger partial charge in [0.1, 0.15) is 11.4 Å². The van der Waals surface area contributed by atoms with Gasteiger partial charge in [0.2, 0.25) is 0 Å². The van der Waals surface area contributed by atoms with E-state index in [1.54, 1.807) is 20.8 Å². The lowest BCUT2D eigenvalue weighted by Crippen LogP contribution is -2.36. The molecule has 1 aromatic carbocycles. The highest BCUT2D eigenvalue weighted by molar-refractivity contribution is 6.36. The van der Waals surface area contributed by atoms with Crippen LogP contribution in [0.25, 0.3) is 0 Å². The Kier molecular flexibility index (Phi) is 6.71. The summed E-state index contributed by atoms with van der Waals surface area (Å²) in [6.07, 6.45) is -0.480. The minimum atomic E-state index is -0.528. The van der Waals surface area contributed by atoms with Gasteiger partial charge in [0.15, 0.2) is 0 Å². The molecule has 0 saturated heterocycles. The summed E-state index contributed by atoms with van der Waals surface area (Å²) in [6.45, 7) is 6.53. The molecule has 0 aliphatic carbocycles. The zero-order valence-electron chi connectivity index (χ0n) is 12.2. The smallest absolute Gasteiger partial charge is 0.407 e. The number of carbonyl (C=O) groups is 1. The van der Waals surface area contributed by atoms with Gasteiger partial charge in [-0.3, -0.25) is 0 Å². The third-order valence-corrected chi connectivity index (χ3v) is 3.17. The molecule has 1 amide bonds. The maximum Gasteiger partial charge on any atom is 0.407 e. The maximum atomic E-state index is 13.3. The van der Waals surface area contributed by atoms with Crippen molar-refractivity contribution in [2.75, 3.05) is 13.1 Å². The van der Waals surface area contributed by atoms with E-state index in [1.165, 1.54) is 12.1 Å². The quantitative estimate of drug-likeness (QED) is 0.636. The molecule has 0 bridgehead atoms. The summed E-state index contributed by atoms with van der Waals surface area (Å²) in [4.78, 5) is 11.4. The van der Waals surface area contributed by atoms with Crippen LogP contribution in [-0.4, -0.2) is 24.8 Å². The molecule has 118 valence electrons. The van der Waals surface area contributed by atoms with E-state index in [4.69, 9.17) is 27.9 Å². The van der Waals surface area contributed by atoms with E-state index in [0.717, 1.165) is 0 Å². The molecular weight excluding hydrogens is 318 g/mol. The number of nitrogens with one attached hydrogen (secondary N) is 2. The molecule has 0 heterocycles. The summed E-state index contributed by atoms with van der Waals surface area (Å²) < 4.78 is 18.4. The standard InChI is InChI=1S/C14H19Cl2FN2O2/c1-14(2,3)21-13(20)19-7-6-18-8-9-10(15)4-5-11(17)12(9)16/h4-5,18H,6-8H2,1-3H3,(H,19,20). The van der Waals surface area contributed by atoms with Crippen LogP contribution in [0.15, 0.2) is 12.1 Å².